The normalized spacial score (nSPS) is 11.2. The standard InChI is InChI=1S/C21H17N3O4S/c1-27-19-13-6-5-12-18(19)24-29(25,26)17-11-7-10-16(14-17)21-23-22-20(28-21)15-8-3-2-4-9-15/h2-14,24H,1H3. The highest BCUT2D eigenvalue weighted by molar-refractivity contribution is 7.92. The lowest BCUT2D eigenvalue weighted by atomic mass is 10.2. The smallest absolute Gasteiger partial charge is 0.262 e. The van der Waals surface area contributed by atoms with Gasteiger partial charge in [-0.3, -0.25) is 4.72 Å². The largest absolute Gasteiger partial charge is 0.495 e. The van der Waals surface area contributed by atoms with E-state index in [1.54, 1.807) is 36.4 Å². The molecule has 4 aromatic rings. The highest BCUT2D eigenvalue weighted by atomic mass is 32.2. The maximum Gasteiger partial charge on any atom is 0.262 e. The third kappa shape index (κ3) is 3.97. The Morgan fingerprint density at radius 2 is 1.48 bits per heavy atom. The lowest BCUT2D eigenvalue weighted by Gasteiger charge is -2.11. The van der Waals surface area contributed by atoms with E-state index in [9.17, 15) is 8.42 Å². The second-order valence-corrected chi connectivity index (χ2v) is 7.79. The van der Waals surface area contributed by atoms with Crippen molar-refractivity contribution in [3.63, 3.8) is 0 Å². The van der Waals surface area contributed by atoms with Gasteiger partial charge in [0, 0.05) is 11.1 Å². The first-order chi connectivity index (χ1) is 14.1. The minimum Gasteiger partial charge on any atom is -0.495 e. The number of aromatic nitrogens is 2. The highest BCUT2D eigenvalue weighted by Gasteiger charge is 2.18. The number of rotatable bonds is 6. The molecule has 0 aliphatic rings. The first kappa shape index (κ1) is 18.7. The molecule has 7 nitrogen and oxygen atoms in total. The average molecular weight is 407 g/mol. The molecule has 0 unspecified atom stereocenters. The summed E-state index contributed by atoms with van der Waals surface area (Å²) < 4.78 is 39.2. The number of hydrogen-bond donors (Lipinski definition) is 1. The van der Waals surface area contributed by atoms with Gasteiger partial charge in [0.05, 0.1) is 17.7 Å². The molecule has 1 heterocycles. The van der Waals surface area contributed by atoms with E-state index in [4.69, 9.17) is 9.15 Å². The Labute approximate surface area is 168 Å². The Hall–Kier alpha value is -3.65. The van der Waals surface area contributed by atoms with Gasteiger partial charge in [-0.25, -0.2) is 8.42 Å². The van der Waals surface area contributed by atoms with Crippen LogP contribution in [0.2, 0.25) is 0 Å². The molecule has 1 aromatic heterocycles. The topological polar surface area (TPSA) is 94.3 Å². The summed E-state index contributed by atoms with van der Waals surface area (Å²) in [6.45, 7) is 0. The van der Waals surface area contributed by atoms with Gasteiger partial charge in [-0.2, -0.15) is 0 Å². The molecule has 0 saturated carbocycles. The van der Waals surface area contributed by atoms with Crippen molar-refractivity contribution in [1.29, 1.82) is 0 Å². The van der Waals surface area contributed by atoms with Crippen LogP contribution in [0, 0.1) is 0 Å². The molecule has 8 heteroatoms. The fourth-order valence-corrected chi connectivity index (χ4v) is 3.88. The van der Waals surface area contributed by atoms with E-state index in [2.05, 4.69) is 14.9 Å². The van der Waals surface area contributed by atoms with Gasteiger partial charge < -0.3 is 9.15 Å². The predicted octanol–water partition coefficient (Wildman–Crippen LogP) is 4.21. The number of nitrogens with zero attached hydrogens (tertiary/aromatic N) is 2. The van der Waals surface area contributed by atoms with E-state index in [1.165, 1.54) is 19.2 Å². The summed E-state index contributed by atoms with van der Waals surface area (Å²) in [5, 5.41) is 8.09. The molecule has 0 fully saturated rings. The van der Waals surface area contributed by atoms with Crippen LogP contribution in [0.25, 0.3) is 22.9 Å². The van der Waals surface area contributed by atoms with Crippen LogP contribution in [-0.2, 0) is 10.0 Å². The van der Waals surface area contributed by atoms with E-state index in [1.807, 2.05) is 30.3 Å². The van der Waals surface area contributed by atoms with Crippen LogP contribution in [0.3, 0.4) is 0 Å². The molecule has 0 saturated heterocycles. The molecule has 0 spiro atoms. The minimum absolute atomic E-state index is 0.0698. The summed E-state index contributed by atoms with van der Waals surface area (Å²) in [7, 11) is -2.36. The zero-order chi connectivity index (χ0) is 20.3. The lowest BCUT2D eigenvalue weighted by molar-refractivity contribution is 0.417. The van der Waals surface area contributed by atoms with Crippen LogP contribution in [-0.4, -0.2) is 25.7 Å². The molecule has 0 bridgehead atoms. The van der Waals surface area contributed by atoms with E-state index in [-0.39, 0.29) is 10.8 Å². The van der Waals surface area contributed by atoms with Gasteiger partial charge in [0.15, 0.2) is 0 Å². The van der Waals surface area contributed by atoms with Gasteiger partial charge in [0.25, 0.3) is 10.0 Å². The number of hydrogen-bond acceptors (Lipinski definition) is 6. The minimum atomic E-state index is -3.84. The molecular weight excluding hydrogens is 390 g/mol. The fraction of sp³-hybridized carbons (Fsp3) is 0.0476. The number of benzene rings is 3. The molecule has 0 radical (unpaired) electrons. The molecule has 0 aliphatic heterocycles. The Morgan fingerprint density at radius 1 is 0.828 bits per heavy atom. The first-order valence-electron chi connectivity index (χ1n) is 8.72. The number of anilines is 1. The van der Waals surface area contributed by atoms with Crippen LogP contribution in [0.4, 0.5) is 5.69 Å². The van der Waals surface area contributed by atoms with Crippen molar-refractivity contribution in [2.75, 3.05) is 11.8 Å². The zero-order valence-corrected chi connectivity index (χ0v) is 16.3. The van der Waals surface area contributed by atoms with E-state index in [0.717, 1.165) is 5.56 Å². The Balaban J connectivity index is 1.64. The van der Waals surface area contributed by atoms with Crippen molar-refractivity contribution in [3.8, 4) is 28.7 Å². The third-order valence-corrected chi connectivity index (χ3v) is 5.55. The van der Waals surface area contributed by atoms with Crippen molar-refractivity contribution in [1.82, 2.24) is 10.2 Å². The Kier molecular flexibility index (Phi) is 5.01. The SMILES string of the molecule is COc1ccccc1NS(=O)(=O)c1cccc(-c2nnc(-c3ccccc3)o2)c1. The van der Waals surface area contributed by atoms with Gasteiger partial charge >= 0.3 is 0 Å². The molecule has 4 rings (SSSR count). The van der Waals surface area contributed by atoms with Crippen LogP contribution >= 0.6 is 0 Å². The van der Waals surface area contributed by atoms with Gasteiger partial charge in [0.1, 0.15) is 5.75 Å². The van der Waals surface area contributed by atoms with Crippen LogP contribution < -0.4 is 9.46 Å². The molecule has 0 atom stereocenters. The van der Waals surface area contributed by atoms with Gasteiger partial charge in [-0.1, -0.05) is 36.4 Å². The summed E-state index contributed by atoms with van der Waals surface area (Å²) in [5.74, 6) is 1.02. The molecule has 0 aliphatic carbocycles. The quantitative estimate of drug-likeness (QED) is 0.514. The van der Waals surface area contributed by atoms with E-state index >= 15 is 0 Å². The maximum atomic E-state index is 12.8. The number of para-hydroxylation sites is 2. The van der Waals surface area contributed by atoms with E-state index in [0.29, 0.717) is 22.9 Å². The Morgan fingerprint density at radius 3 is 2.24 bits per heavy atom. The zero-order valence-electron chi connectivity index (χ0n) is 15.4. The van der Waals surface area contributed by atoms with Gasteiger partial charge in [-0.05, 0) is 42.5 Å². The number of ether oxygens (including phenoxy) is 1. The van der Waals surface area contributed by atoms with Crippen molar-refractivity contribution in [2.24, 2.45) is 0 Å². The molecule has 29 heavy (non-hydrogen) atoms. The summed E-state index contributed by atoms with van der Waals surface area (Å²) >= 11 is 0. The number of nitrogens with one attached hydrogen (secondary N) is 1. The molecular formula is C21H17N3O4S. The molecule has 146 valence electrons. The van der Waals surface area contributed by atoms with Crippen LogP contribution in [0.5, 0.6) is 5.75 Å². The first-order valence-corrected chi connectivity index (χ1v) is 10.2. The van der Waals surface area contributed by atoms with Gasteiger partial charge in [-0.15, -0.1) is 10.2 Å². The van der Waals surface area contributed by atoms with Crippen molar-refractivity contribution < 1.29 is 17.6 Å². The number of sulfonamides is 1. The van der Waals surface area contributed by atoms with Crippen LogP contribution in [0.1, 0.15) is 0 Å². The lowest BCUT2D eigenvalue weighted by Crippen LogP contribution is -2.13. The van der Waals surface area contributed by atoms with Gasteiger partial charge in [0.2, 0.25) is 11.8 Å². The van der Waals surface area contributed by atoms with E-state index < -0.39 is 10.0 Å². The van der Waals surface area contributed by atoms with Crippen LogP contribution in [0.15, 0.2) is 88.2 Å². The molecule has 0 amide bonds. The second kappa shape index (κ2) is 7.76. The Bertz CT molecular complexity index is 1240. The third-order valence-electron chi connectivity index (χ3n) is 4.19. The fourth-order valence-electron chi connectivity index (χ4n) is 2.77. The summed E-state index contributed by atoms with van der Waals surface area (Å²) in [5.41, 5.74) is 1.64. The second-order valence-electron chi connectivity index (χ2n) is 6.11. The molecule has 1 N–H and O–H groups in total. The van der Waals surface area contributed by atoms with Crippen molar-refractivity contribution >= 4 is 15.7 Å². The van der Waals surface area contributed by atoms with Crippen molar-refractivity contribution in [3.05, 3.63) is 78.9 Å². The number of methoxy groups -OCH3 is 1. The molecule has 3 aromatic carbocycles. The van der Waals surface area contributed by atoms with Crippen molar-refractivity contribution in [2.45, 2.75) is 4.90 Å². The monoisotopic (exact) mass is 407 g/mol. The highest BCUT2D eigenvalue weighted by Crippen LogP contribution is 2.28. The summed E-state index contributed by atoms with van der Waals surface area (Å²) in [4.78, 5) is 0.0698. The summed E-state index contributed by atoms with van der Waals surface area (Å²) in [6, 6.07) is 22.5. The predicted molar refractivity (Wildman–Crippen MR) is 109 cm³/mol. The summed E-state index contributed by atoms with van der Waals surface area (Å²) in [6.07, 6.45) is 0. The maximum absolute atomic E-state index is 12.8. The average Bonchev–Trinajstić information content (AvgIpc) is 3.25.